The maximum absolute atomic E-state index is 9.02. The molecule has 1 aliphatic heterocycles. The number of aliphatic hydroxyl groups excluding tert-OH is 1. The van der Waals surface area contributed by atoms with Gasteiger partial charge in [-0.15, -0.1) is 0 Å². The standard InChI is InChI=1S/C7H14O2/c1-7(2)5-3-4-6(8)9-7/h6,8H,3-5H2,1-2H3. The third-order valence-corrected chi connectivity index (χ3v) is 1.68. The summed E-state index contributed by atoms with van der Waals surface area (Å²) in [6.45, 7) is 4.02. The monoisotopic (exact) mass is 130 g/mol. The fraction of sp³-hybridized carbons (Fsp3) is 1.00. The van der Waals surface area contributed by atoms with Gasteiger partial charge >= 0.3 is 0 Å². The van der Waals surface area contributed by atoms with Crippen LogP contribution in [0.2, 0.25) is 0 Å². The molecule has 1 N–H and O–H groups in total. The molecular weight excluding hydrogens is 116 g/mol. The van der Waals surface area contributed by atoms with Crippen molar-refractivity contribution < 1.29 is 9.84 Å². The van der Waals surface area contributed by atoms with Crippen LogP contribution >= 0.6 is 0 Å². The zero-order valence-corrected chi connectivity index (χ0v) is 6.05. The van der Waals surface area contributed by atoms with Gasteiger partial charge in [0.25, 0.3) is 0 Å². The molecule has 2 heteroatoms. The Labute approximate surface area is 55.8 Å². The van der Waals surface area contributed by atoms with Crippen molar-refractivity contribution >= 4 is 0 Å². The number of ether oxygens (including phenoxy) is 1. The molecule has 0 aromatic carbocycles. The maximum Gasteiger partial charge on any atom is 0.155 e. The predicted octanol–water partition coefficient (Wildman–Crippen LogP) is 1.28. The molecule has 0 amide bonds. The van der Waals surface area contributed by atoms with E-state index in [1.165, 1.54) is 0 Å². The van der Waals surface area contributed by atoms with Gasteiger partial charge in [0.1, 0.15) is 0 Å². The van der Waals surface area contributed by atoms with Crippen LogP contribution in [-0.2, 0) is 4.74 Å². The van der Waals surface area contributed by atoms with Gasteiger partial charge in [0, 0.05) is 0 Å². The zero-order chi connectivity index (χ0) is 6.91. The van der Waals surface area contributed by atoms with Gasteiger partial charge < -0.3 is 9.84 Å². The lowest BCUT2D eigenvalue weighted by atomic mass is 9.98. The summed E-state index contributed by atoms with van der Waals surface area (Å²) >= 11 is 0. The Morgan fingerprint density at radius 1 is 1.56 bits per heavy atom. The van der Waals surface area contributed by atoms with Crippen LogP contribution < -0.4 is 0 Å². The molecule has 0 spiro atoms. The molecule has 0 radical (unpaired) electrons. The van der Waals surface area contributed by atoms with Gasteiger partial charge in [0.05, 0.1) is 5.60 Å². The molecule has 0 aliphatic carbocycles. The smallest absolute Gasteiger partial charge is 0.155 e. The van der Waals surface area contributed by atoms with E-state index in [4.69, 9.17) is 9.84 Å². The van der Waals surface area contributed by atoms with Crippen LogP contribution in [0.1, 0.15) is 33.1 Å². The highest BCUT2D eigenvalue weighted by atomic mass is 16.6. The molecule has 1 heterocycles. The first-order valence-electron chi connectivity index (χ1n) is 3.46. The molecular formula is C7H14O2. The summed E-state index contributed by atoms with van der Waals surface area (Å²) in [6, 6.07) is 0. The first-order valence-corrected chi connectivity index (χ1v) is 3.46. The van der Waals surface area contributed by atoms with Crippen molar-refractivity contribution in [3.63, 3.8) is 0 Å². The summed E-state index contributed by atoms with van der Waals surface area (Å²) in [5.41, 5.74) is -0.0995. The third kappa shape index (κ3) is 1.95. The molecule has 1 fully saturated rings. The molecule has 1 rings (SSSR count). The summed E-state index contributed by atoms with van der Waals surface area (Å²) < 4.78 is 5.23. The van der Waals surface area contributed by atoms with Crippen molar-refractivity contribution in [1.82, 2.24) is 0 Å². The van der Waals surface area contributed by atoms with Crippen LogP contribution in [0.3, 0.4) is 0 Å². The molecule has 0 aromatic rings. The molecule has 1 aliphatic rings. The van der Waals surface area contributed by atoms with Crippen molar-refractivity contribution in [1.29, 1.82) is 0 Å². The van der Waals surface area contributed by atoms with Crippen LogP contribution in [0.15, 0.2) is 0 Å². The van der Waals surface area contributed by atoms with Gasteiger partial charge in [-0.3, -0.25) is 0 Å². The Hall–Kier alpha value is -0.0800. The second kappa shape index (κ2) is 2.27. The highest BCUT2D eigenvalue weighted by Crippen LogP contribution is 2.26. The third-order valence-electron chi connectivity index (χ3n) is 1.68. The Morgan fingerprint density at radius 3 is 2.56 bits per heavy atom. The predicted molar refractivity (Wildman–Crippen MR) is 35.0 cm³/mol. The molecule has 0 saturated carbocycles. The first-order chi connectivity index (χ1) is 4.10. The molecule has 9 heavy (non-hydrogen) atoms. The molecule has 1 saturated heterocycles. The van der Waals surface area contributed by atoms with Gasteiger partial charge in [-0.05, 0) is 33.1 Å². The van der Waals surface area contributed by atoms with Crippen molar-refractivity contribution in [2.75, 3.05) is 0 Å². The van der Waals surface area contributed by atoms with Gasteiger partial charge in [-0.25, -0.2) is 0 Å². The van der Waals surface area contributed by atoms with E-state index >= 15 is 0 Å². The minimum absolute atomic E-state index is 0.0995. The normalized spacial score (nSPS) is 34.3. The van der Waals surface area contributed by atoms with E-state index in [1.807, 2.05) is 13.8 Å². The Kier molecular flexibility index (Phi) is 1.78. The molecule has 2 nitrogen and oxygen atoms in total. The van der Waals surface area contributed by atoms with E-state index in [2.05, 4.69) is 0 Å². The van der Waals surface area contributed by atoms with E-state index in [0.717, 1.165) is 19.3 Å². The molecule has 0 aromatic heterocycles. The van der Waals surface area contributed by atoms with Crippen LogP contribution in [-0.4, -0.2) is 17.0 Å². The van der Waals surface area contributed by atoms with E-state index in [9.17, 15) is 0 Å². The first kappa shape index (κ1) is 7.03. The number of hydrogen-bond acceptors (Lipinski definition) is 2. The number of aliphatic hydroxyl groups is 1. The van der Waals surface area contributed by atoms with Crippen LogP contribution in [0.25, 0.3) is 0 Å². The lowest BCUT2D eigenvalue weighted by molar-refractivity contribution is -0.199. The van der Waals surface area contributed by atoms with Gasteiger partial charge in [-0.1, -0.05) is 0 Å². The second-order valence-corrected chi connectivity index (χ2v) is 3.22. The quantitative estimate of drug-likeness (QED) is 0.535. The zero-order valence-electron chi connectivity index (χ0n) is 6.05. The molecule has 0 bridgehead atoms. The minimum Gasteiger partial charge on any atom is -0.368 e. The molecule has 54 valence electrons. The summed E-state index contributed by atoms with van der Waals surface area (Å²) in [5.74, 6) is 0. The average molecular weight is 130 g/mol. The van der Waals surface area contributed by atoms with Crippen molar-refractivity contribution in [2.24, 2.45) is 0 Å². The Bertz CT molecular complexity index is 99.1. The summed E-state index contributed by atoms with van der Waals surface area (Å²) in [7, 11) is 0. The summed E-state index contributed by atoms with van der Waals surface area (Å²) in [6.07, 6.45) is 2.41. The maximum atomic E-state index is 9.02. The van der Waals surface area contributed by atoms with E-state index < -0.39 is 6.29 Å². The Balaban J connectivity index is 2.41. The highest BCUT2D eigenvalue weighted by molar-refractivity contribution is 4.73. The fourth-order valence-corrected chi connectivity index (χ4v) is 1.19. The van der Waals surface area contributed by atoms with E-state index in [0.29, 0.717) is 0 Å². The van der Waals surface area contributed by atoms with E-state index in [1.54, 1.807) is 0 Å². The SMILES string of the molecule is CC1(C)CCCC(O)O1. The lowest BCUT2D eigenvalue weighted by Gasteiger charge is -2.33. The number of rotatable bonds is 0. The van der Waals surface area contributed by atoms with Crippen molar-refractivity contribution in [3.8, 4) is 0 Å². The van der Waals surface area contributed by atoms with Crippen LogP contribution in [0.4, 0.5) is 0 Å². The summed E-state index contributed by atoms with van der Waals surface area (Å²) in [4.78, 5) is 0. The van der Waals surface area contributed by atoms with Crippen molar-refractivity contribution in [3.05, 3.63) is 0 Å². The highest BCUT2D eigenvalue weighted by Gasteiger charge is 2.26. The topological polar surface area (TPSA) is 29.5 Å². The summed E-state index contributed by atoms with van der Waals surface area (Å²) in [5, 5.41) is 9.02. The van der Waals surface area contributed by atoms with Gasteiger partial charge in [-0.2, -0.15) is 0 Å². The molecule has 1 unspecified atom stereocenters. The Morgan fingerprint density at radius 2 is 2.22 bits per heavy atom. The van der Waals surface area contributed by atoms with Crippen molar-refractivity contribution in [2.45, 2.75) is 45.0 Å². The minimum atomic E-state index is -0.520. The second-order valence-electron chi connectivity index (χ2n) is 3.22. The largest absolute Gasteiger partial charge is 0.368 e. The van der Waals surface area contributed by atoms with Gasteiger partial charge in [0.15, 0.2) is 6.29 Å². The average Bonchev–Trinajstić information content (AvgIpc) is 1.60. The lowest BCUT2D eigenvalue weighted by Crippen LogP contribution is -2.34. The number of hydrogen-bond donors (Lipinski definition) is 1. The van der Waals surface area contributed by atoms with Gasteiger partial charge in [0.2, 0.25) is 0 Å². The van der Waals surface area contributed by atoms with E-state index in [-0.39, 0.29) is 5.60 Å². The fourth-order valence-electron chi connectivity index (χ4n) is 1.19. The van der Waals surface area contributed by atoms with Crippen LogP contribution in [0, 0.1) is 0 Å². The molecule has 1 atom stereocenters. The van der Waals surface area contributed by atoms with Crippen LogP contribution in [0.5, 0.6) is 0 Å².